The van der Waals surface area contributed by atoms with E-state index in [0.717, 1.165) is 28.8 Å². The lowest BCUT2D eigenvalue weighted by Crippen LogP contribution is -2.22. The molecule has 0 spiro atoms. The molecule has 3 heterocycles. The summed E-state index contributed by atoms with van der Waals surface area (Å²) in [6, 6.07) is 7.39. The number of carbonyl (C=O) groups excluding carboxylic acids is 2. The first-order valence-electron chi connectivity index (χ1n) is 9.60. The zero-order valence-corrected chi connectivity index (χ0v) is 18.0. The molecule has 2 aromatic heterocycles. The number of hydrogen-bond donors (Lipinski definition) is 4. The van der Waals surface area contributed by atoms with E-state index in [9.17, 15) is 9.59 Å². The molecule has 31 heavy (non-hydrogen) atoms. The predicted molar refractivity (Wildman–Crippen MR) is 118 cm³/mol. The predicted octanol–water partition coefficient (Wildman–Crippen LogP) is 3.00. The number of nitrogens with zero attached hydrogens (tertiary/aromatic N) is 3. The first-order valence-corrected chi connectivity index (χ1v) is 10.4. The molecule has 1 saturated carbocycles. The summed E-state index contributed by atoms with van der Waals surface area (Å²) in [5.41, 5.74) is 2.01. The zero-order chi connectivity index (χ0) is 21.5. The van der Waals surface area contributed by atoms with E-state index in [1.807, 2.05) is 24.3 Å². The van der Waals surface area contributed by atoms with Gasteiger partial charge in [-0.1, -0.05) is 6.07 Å². The number of halogens is 1. The first kappa shape index (κ1) is 19.4. The van der Waals surface area contributed by atoms with Crippen LogP contribution in [0.15, 0.2) is 40.6 Å². The number of anilines is 3. The first-order chi connectivity index (χ1) is 15.0. The minimum atomic E-state index is -0.555. The maximum Gasteiger partial charge on any atom is 0.326 e. The summed E-state index contributed by atoms with van der Waals surface area (Å²) in [7, 11) is 1.60. The second-order valence-corrected chi connectivity index (χ2v) is 8.05. The van der Waals surface area contributed by atoms with Gasteiger partial charge in [0.25, 0.3) is 5.91 Å². The lowest BCUT2D eigenvalue weighted by molar-refractivity contribution is -0.115. The molecule has 2 fully saturated rings. The van der Waals surface area contributed by atoms with Crippen molar-refractivity contribution in [3.8, 4) is 5.75 Å². The van der Waals surface area contributed by atoms with E-state index in [2.05, 4.69) is 42.3 Å². The summed E-state index contributed by atoms with van der Waals surface area (Å²) >= 11 is 3.49. The van der Waals surface area contributed by atoms with Crippen molar-refractivity contribution in [3.63, 3.8) is 0 Å². The molecule has 0 atom stereocenters. The normalized spacial score (nSPS) is 17.0. The summed E-state index contributed by atoms with van der Waals surface area (Å²) in [6.07, 6.45) is 5.35. The number of benzene rings is 1. The van der Waals surface area contributed by atoms with Crippen LogP contribution in [0.1, 0.15) is 18.4 Å². The highest BCUT2D eigenvalue weighted by Gasteiger charge is 2.25. The van der Waals surface area contributed by atoms with Crippen molar-refractivity contribution >= 4 is 56.9 Å². The van der Waals surface area contributed by atoms with Crippen LogP contribution in [-0.2, 0) is 4.79 Å². The van der Waals surface area contributed by atoms with Crippen LogP contribution in [0.5, 0.6) is 5.75 Å². The lowest BCUT2D eigenvalue weighted by atomic mass is 10.2. The van der Waals surface area contributed by atoms with Gasteiger partial charge in [0, 0.05) is 17.7 Å². The number of nitrogens with one attached hydrogen (secondary N) is 4. The van der Waals surface area contributed by atoms with E-state index >= 15 is 0 Å². The highest BCUT2D eigenvalue weighted by atomic mass is 79.9. The van der Waals surface area contributed by atoms with Crippen molar-refractivity contribution in [2.75, 3.05) is 17.7 Å². The van der Waals surface area contributed by atoms with Crippen molar-refractivity contribution in [1.82, 2.24) is 25.2 Å². The Bertz CT molecular complexity index is 1250. The standard InChI is InChI=1S/C20H18BrN7O3/c1-31-17-12(21)3-2-4-13(17)24-15-8-16(23-11-5-6-11)28-18(26-15)10(9-22-28)7-14-19(29)27-20(30)25-14/h2-4,7-9,11,23H,5-6H2,1H3,(H,24,26)(H2,25,27,29,30)/b14-7-. The molecule has 2 aliphatic rings. The van der Waals surface area contributed by atoms with Crippen molar-refractivity contribution < 1.29 is 14.3 Å². The van der Waals surface area contributed by atoms with Crippen LogP contribution >= 0.6 is 15.9 Å². The minimum Gasteiger partial charge on any atom is -0.493 e. The number of aromatic nitrogens is 3. The van der Waals surface area contributed by atoms with E-state index in [4.69, 9.17) is 9.72 Å². The Balaban J connectivity index is 1.59. The van der Waals surface area contributed by atoms with Gasteiger partial charge in [-0.15, -0.1) is 0 Å². The van der Waals surface area contributed by atoms with Crippen LogP contribution in [0, 0.1) is 0 Å². The van der Waals surface area contributed by atoms with Crippen LogP contribution in [0.4, 0.5) is 22.1 Å². The maximum atomic E-state index is 11.9. The summed E-state index contributed by atoms with van der Waals surface area (Å²) in [5.74, 6) is 1.51. The summed E-state index contributed by atoms with van der Waals surface area (Å²) in [5, 5.41) is 15.9. The second-order valence-electron chi connectivity index (χ2n) is 7.19. The number of methoxy groups -OCH3 is 1. The molecule has 3 amide bonds. The molecular formula is C20H18BrN7O3. The average molecular weight is 484 g/mol. The summed E-state index contributed by atoms with van der Waals surface area (Å²) in [6.45, 7) is 0. The van der Waals surface area contributed by atoms with Crippen LogP contribution in [0.3, 0.4) is 0 Å². The van der Waals surface area contributed by atoms with Crippen molar-refractivity contribution in [2.24, 2.45) is 0 Å². The number of ether oxygens (including phenoxy) is 1. The van der Waals surface area contributed by atoms with Gasteiger partial charge < -0.3 is 20.7 Å². The molecule has 0 bridgehead atoms. The van der Waals surface area contributed by atoms with Gasteiger partial charge in [0.05, 0.1) is 23.5 Å². The molecule has 1 saturated heterocycles. The number of hydrogen-bond acceptors (Lipinski definition) is 7. The van der Waals surface area contributed by atoms with Gasteiger partial charge >= 0.3 is 6.03 Å². The Morgan fingerprint density at radius 3 is 2.84 bits per heavy atom. The maximum absolute atomic E-state index is 11.9. The molecule has 11 heteroatoms. The number of rotatable bonds is 6. The van der Waals surface area contributed by atoms with E-state index in [1.165, 1.54) is 0 Å². The molecule has 0 unspecified atom stereocenters. The van der Waals surface area contributed by atoms with Gasteiger partial charge in [-0.2, -0.15) is 9.61 Å². The third-order valence-corrected chi connectivity index (χ3v) is 5.51. The molecule has 3 aromatic rings. The number of amides is 3. The van der Waals surface area contributed by atoms with Gasteiger partial charge in [-0.05, 0) is 47.0 Å². The van der Waals surface area contributed by atoms with Crippen molar-refractivity contribution in [3.05, 3.63) is 46.2 Å². The number of para-hydroxylation sites is 1. The van der Waals surface area contributed by atoms with Crippen LogP contribution in [0.25, 0.3) is 11.7 Å². The third-order valence-electron chi connectivity index (χ3n) is 4.88. The number of imide groups is 1. The average Bonchev–Trinajstić information content (AvgIpc) is 3.37. The van der Waals surface area contributed by atoms with E-state index in [0.29, 0.717) is 28.8 Å². The van der Waals surface area contributed by atoms with Gasteiger partial charge in [-0.3, -0.25) is 10.1 Å². The number of urea groups is 1. The molecule has 1 aromatic carbocycles. The molecule has 158 valence electrons. The smallest absolute Gasteiger partial charge is 0.326 e. The van der Waals surface area contributed by atoms with Gasteiger partial charge in [0.15, 0.2) is 11.4 Å². The number of carbonyl (C=O) groups is 2. The largest absolute Gasteiger partial charge is 0.493 e. The zero-order valence-electron chi connectivity index (χ0n) is 16.4. The Kier molecular flexibility index (Phi) is 4.74. The fourth-order valence-electron chi connectivity index (χ4n) is 3.28. The summed E-state index contributed by atoms with van der Waals surface area (Å²) < 4.78 is 7.99. The third kappa shape index (κ3) is 3.79. The Morgan fingerprint density at radius 1 is 1.29 bits per heavy atom. The van der Waals surface area contributed by atoms with E-state index < -0.39 is 11.9 Å². The molecule has 1 aliphatic heterocycles. The topological polar surface area (TPSA) is 122 Å². The van der Waals surface area contributed by atoms with Gasteiger partial charge in [-0.25, -0.2) is 9.78 Å². The number of fused-ring (bicyclic) bond motifs is 1. The quantitative estimate of drug-likeness (QED) is 0.314. The molecule has 5 rings (SSSR count). The molecule has 1 aliphatic carbocycles. The second kappa shape index (κ2) is 7.58. The molecule has 0 radical (unpaired) electrons. The van der Waals surface area contributed by atoms with Crippen LogP contribution < -0.4 is 26.0 Å². The minimum absolute atomic E-state index is 0.144. The van der Waals surface area contributed by atoms with Crippen molar-refractivity contribution in [1.29, 1.82) is 0 Å². The monoisotopic (exact) mass is 483 g/mol. The van der Waals surface area contributed by atoms with Crippen LogP contribution in [-0.4, -0.2) is 39.7 Å². The van der Waals surface area contributed by atoms with Crippen molar-refractivity contribution in [2.45, 2.75) is 18.9 Å². The Hall–Kier alpha value is -3.60. The lowest BCUT2D eigenvalue weighted by Gasteiger charge is -2.14. The van der Waals surface area contributed by atoms with Crippen LogP contribution in [0.2, 0.25) is 0 Å². The Morgan fingerprint density at radius 2 is 2.13 bits per heavy atom. The fraction of sp³-hybridized carbons (Fsp3) is 0.200. The Labute approximate surface area is 185 Å². The fourth-order valence-corrected chi connectivity index (χ4v) is 3.80. The van der Waals surface area contributed by atoms with Gasteiger partial charge in [0.1, 0.15) is 17.3 Å². The molecule has 4 N–H and O–H groups in total. The summed E-state index contributed by atoms with van der Waals surface area (Å²) in [4.78, 5) is 28.1. The SMILES string of the molecule is COc1c(Br)cccc1Nc1cc(NC2CC2)n2ncc(/C=C3\NC(=O)NC3=O)c2n1. The highest BCUT2D eigenvalue weighted by Crippen LogP contribution is 2.35. The molecule has 10 nitrogen and oxygen atoms in total. The highest BCUT2D eigenvalue weighted by molar-refractivity contribution is 9.10. The molecular weight excluding hydrogens is 466 g/mol. The van der Waals surface area contributed by atoms with E-state index in [-0.39, 0.29) is 5.70 Å². The van der Waals surface area contributed by atoms with E-state index in [1.54, 1.807) is 23.9 Å². The van der Waals surface area contributed by atoms with Gasteiger partial charge in [0.2, 0.25) is 0 Å².